The summed E-state index contributed by atoms with van der Waals surface area (Å²) in [6.07, 6.45) is -0.689. The summed E-state index contributed by atoms with van der Waals surface area (Å²) >= 11 is 0. The van der Waals surface area contributed by atoms with E-state index in [4.69, 9.17) is 5.26 Å². The van der Waals surface area contributed by atoms with Gasteiger partial charge in [0.05, 0.1) is 23.4 Å². The first-order chi connectivity index (χ1) is 10.0. The molecule has 0 heterocycles. The first kappa shape index (κ1) is 15.0. The van der Waals surface area contributed by atoms with Crippen molar-refractivity contribution < 1.29 is 9.50 Å². The summed E-state index contributed by atoms with van der Waals surface area (Å²) in [5, 5.41) is 18.4. The monoisotopic (exact) mass is 284 g/mol. The lowest BCUT2D eigenvalue weighted by Gasteiger charge is -2.21. The SMILES string of the molecule is C[C@H](O)c1ccc(N(C)Cc2cccc(C#N)c2)c(F)c1. The zero-order valence-corrected chi connectivity index (χ0v) is 12.0. The van der Waals surface area contributed by atoms with Gasteiger partial charge in [0, 0.05) is 13.6 Å². The highest BCUT2D eigenvalue weighted by atomic mass is 19.1. The number of hydrogen-bond acceptors (Lipinski definition) is 3. The van der Waals surface area contributed by atoms with Crippen LogP contribution in [0, 0.1) is 17.1 Å². The molecule has 0 saturated carbocycles. The maximum atomic E-state index is 14.1. The zero-order valence-electron chi connectivity index (χ0n) is 12.0. The van der Waals surface area contributed by atoms with Crippen LogP contribution in [0.2, 0.25) is 0 Å². The van der Waals surface area contributed by atoms with E-state index < -0.39 is 6.10 Å². The van der Waals surface area contributed by atoms with E-state index in [0.29, 0.717) is 23.4 Å². The van der Waals surface area contributed by atoms with Crippen molar-refractivity contribution in [3.8, 4) is 6.07 Å². The first-order valence-corrected chi connectivity index (χ1v) is 6.69. The van der Waals surface area contributed by atoms with Crippen molar-refractivity contribution in [2.24, 2.45) is 0 Å². The highest BCUT2D eigenvalue weighted by molar-refractivity contribution is 5.49. The molecule has 0 saturated heterocycles. The van der Waals surface area contributed by atoms with Crippen molar-refractivity contribution >= 4 is 5.69 Å². The van der Waals surface area contributed by atoms with Crippen LogP contribution >= 0.6 is 0 Å². The fourth-order valence-electron chi connectivity index (χ4n) is 2.19. The number of halogens is 1. The molecule has 0 aliphatic rings. The van der Waals surface area contributed by atoms with E-state index >= 15 is 0 Å². The summed E-state index contributed by atoms with van der Waals surface area (Å²) in [5.41, 5.74) is 2.54. The fraction of sp³-hybridized carbons (Fsp3) is 0.235. The average Bonchev–Trinajstić information content (AvgIpc) is 2.47. The molecule has 0 unspecified atom stereocenters. The number of aliphatic hydroxyl groups is 1. The van der Waals surface area contributed by atoms with E-state index in [9.17, 15) is 9.50 Å². The smallest absolute Gasteiger partial charge is 0.146 e. The third-order valence-electron chi connectivity index (χ3n) is 3.34. The lowest BCUT2D eigenvalue weighted by Crippen LogP contribution is -2.18. The largest absolute Gasteiger partial charge is 0.389 e. The lowest BCUT2D eigenvalue weighted by molar-refractivity contribution is 0.199. The molecule has 2 rings (SSSR count). The third kappa shape index (κ3) is 3.59. The number of rotatable bonds is 4. The van der Waals surface area contributed by atoms with Gasteiger partial charge in [-0.15, -0.1) is 0 Å². The van der Waals surface area contributed by atoms with E-state index in [1.54, 1.807) is 43.1 Å². The highest BCUT2D eigenvalue weighted by Gasteiger charge is 2.11. The van der Waals surface area contributed by atoms with Crippen LogP contribution in [0.25, 0.3) is 0 Å². The molecule has 0 aliphatic heterocycles. The molecule has 108 valence electrons. The standard InChI is InChI=1S/C17H17FN2O/c1-12(21)15-6-7-17(16(18)9-15)20(2)11-14-5-3-4-13(8-14)10-19/h3-9,12,21H,11H2,1-2H3/t12-/m0/s1. The van der Waals surface area contributed by atoms with E-state index in [0.717, 1.165) is 5.56 Å². The van der Waals surface area contributed by atoms with Gasteiger partial charge in [-0.05, 0) is 42.3 Å². The van der Waals surface area contributed by atoms with Crippen molar-refractivity contribution in [3.05, 3.63) is 65.0 Å². The Morgan fingerprint density at radius 1 is 1.29 bits per heavy atom. The second kappa shape index (κ2) is 6.38. The van der Waals surface area contributed by atoms with Crippen molar-refractivity contribution in [1.82, 2.24) is 0 Å². The average molecular weight is 284 g/mol. The molecule has 0 aliphatic carbocycles. The van der Waals surface area contributed by atoms with E-state index in [1.165, 1.54) is 6.07 Å². The molecule has 0 aromatic heterocycles. The van der Waals surface area contributed by atoms with Gasteiger partial charge in [-0.1, -0.05) is 18.2 Å². The first-order valence-electron chi connectivity index (χ1n) is 6.69. The fourth-order valence-corrected chi connectivity index (χ4v) is 2.19. The summed E-state index contributed by atoms with van der Waals surface area (Å²) in [7, 11) is 1.79. The maximum absolute atomic E-state index is 14.1. The lowest BCUT2D eigenvalue weighted by atomic mass is 10.1. The highest BCUT2D eigenvalue weighted by Crippen LogP contribution is 2.24. The van der Waals surface area contributed by atoms with Crippen molar-refractivity contribution in [2.75, 3.05) is 11.9 Å². The molecule has 3 nitrogen and oxygen atoms in total. The van der Waals surface area contributed by atoms with Gasteiger partial charge in [0.15, 0.2) is 0 Å². The molecular formula is C17H17FN2O. The van der Waals surface area contributed by atoms with Gasteiger partial charge >= 0.3 is 0 Å². The van der Waals surface area contributed by atoms with Crippen LogP contribution < -0.4 is 4.90 Å². The predicted molar refractivity (Wildman–Crippen MR) is 80.3 cm³/mol. The zero-order chi connectivity index (χ0) is 15.4. The Kier molecular flexibility index (Phi) is 4.56. The molecule has 21 heavy (non-hydrogen) atoms. The number of aliphatic hydroxyl groups excluding tert-OH is 1. The van der Waals surface area contributed by atoms with Crippen LogP contribution in [0.3, 0.4) is 0 Å². The van der Waals surface area contributed by atoms with E-state index in [2.05, 4.69) is 6.07 Å². The molecule has 1 N–H and O–H groups in total. The van der Waals surface area contributed by atoms with Crippen LogP contribution in [-0.4, -0.2) is 12.2 Å². The Morgan fingerprint density at radius 3 is 2.67 bits per heavy atom. The quantitative estimate of drug-likeness (QED) is 0.936. The van der Waals surface area contributed by atoms with E-state index in [-0.39, 0.29) is 5.82 Å². The normalized spacial score (nSPS) is 11.8. The summed E-state index contributed by atoms with van der Waals surface area (Å²) in [5.74, 6) is -0.368. The molecule has 0 amide bonds. The van der Waals surface area contributed by atoms with Crippen LogP contribution in [0.15, 0.2) is 42.5 Å². The number of hydrogen-bond donors (Lipinski definition) is 1. The van der Waals surface area contributed by atoms with Gasteiger partial charge in [-0.3, -0.25) is 0 Å². The van der Waals surface area contributed by atoms with Gasteiger partial charge in [0.1, 0.15) is 5.82 Å². The van der Waals surface area contributed by atoms with E-state index in [1.807, 2.05) is 12.1 Å². The van der Waals surface area contributed by atoms with Crippen molar-refractivity contribution in [1.29, 1.82) is 5.26 Å². The molecule has 2 aromatic carbocycles. The Balaban J connectivity index is 2.20. The molecule has 1 atom stereocenters. The molecule has 0 bridgehead atoms. The Labute approximate surface area is 123 Å². The molecule has 0 radical (unpaired) electrons. The Bertz CT molecular complexity index is 677. The number of benzene rings is 2. The summed E-state index contributed by atoms with van der Waals surface area (Å²) in [4.78, 5) is 1.78. The van der Waals surface area contributed by atoms with Gasteiger partial charge in [0.2, 0.25) is 0 Å². The predicted octanol–water partition coefficient (Wildman–Crippen LogP) is 3.39. The van der Waals surface area contributed by atoms with Crippen LogP contribution in [-0.2, 0) is 6.54 Å². The Morgan fingerprint density at radius 2 is 2.05 bits per heavy atom. The van der Waals surface area contributed by atoms with Crippen LogP contribution in [0.4, 0.5) is 10.1 Å². The van der Waals surface area contributed by atoms with Gasteiger partial charge < -0.3 is 10.0 Å². The summed E-state index contributed by atoms with van der Waals surface area (Å²) < 4.78 is 14.1. The number of anilines is 1. The minimum absolute atomic E-state index is 0.368. The second-order valence-corrected chi connectivity index (χ2v) is 5.06. The minimum Gasteiger partial charge on any atom is -0.389 e. The molecule has 0 spiro atoms. The maximum Gasteiger partial charge on any atom is 0.146 e. The Hall–Kier alpha value is -2.38. The summed E-state index contributed by atoms with van der Waals surface area (Å²) in [6, 6.07) is 14.1. The van der Waals surface area contributed by atoms with Crippen LogP contribution in [0.5, 0.6) is 0 Å². The number of nitriles is 1. The van der Waals surface area contributed by atoms with Gasteiger partial charge in [-0.2, -0.15) is 5.26 Å². The molecule has 4 heteroatoms. The molecule has 2 aromatic rings. The minimum atomic E-state index is -0.689. The summed E-state index contributed by atoms with van der Waals surface area (Å²) in [6.45, 7) is 2.10. The molecule has 0 fully saturated rings. The molecular weight excluding hydrogens is 267 g/mol. The second-order valence-electron chi connectivity index (χ2n) is 5.06. The van der Waals surface area contributed by atoms with Gasteiger partial charge in [-0.25, -0.2) is 4.39 Å². The topological polar surface area (TPSA) is 47.3 Å². The van der Waals surface area contributed by atoms with Crippen LogP contribution in [0.1, 0.15) is 29.7 Å². The van der Waals surface area contributed by atoms with Gasteiger partial charge in [0.25, 0.3) is 0 Å². The van der Waals surface area contributed by atoms with Crippen molar-refractivity contribution in [3.63, 3.8) is 0 Å². The number of nitrogens with zero attached hydrogens (tertiary/aromatic N) is 2. The third-order valence-corrected chi connectivity index (χ3v) is 3.34. The van der Waals surface area contributed by atoms with Crippen molar-refractivity contribution in [2.45, 2.75) is 19.6 Å².